The highest BCUT2D eigenvalue weighted by Crippen LogP contribution is 2.16. The minimum atomic E-state index is -0.494. The molecule has 136 valence electrons. The fourth-order valence-electron chi connectivity index (χ4n) is 2.32. The molecule has 27 heavy (non-hydrogen) atoms. The quantitative estimate of drug-likeness (QED) is 0.500. The fourth-order valence-corrected chi connectivity index (χ4v) is 2.84. The Morgan fingerprint density at radius 1 is 1.11 bits per heavy atom. The van der Waals surface area contributed by atoms with Gasteiger partial charge in [-0.25, -0.2) is 4.98 Å². The number of hydrogen-bond acceptors (Lipinski definition) is 6. The lowest BCUT2D eigenvalue weighted by Crippen LogP contribution is -2.16. The number of rotatable bonds is 6. The molecule has 3 rings (SSSR count). The van der Waals surface area contributed by atoms with Crippen molar-refractivity contribution in [2.75, 3.05) is 10.6 Å². The molecular weight excluding hydrogens is 368 g/mol. The first-order valence-electron chi connectivity index (χ1n) is 7.85. The summed E-state index contributed by atoms with van der Waals surface area (Å²) in [5.74, 6) is -0.613. The van der Waals surface area contributed by atoms with Gasteiger partial charge < -0.3 is 5.32 Å². The van der Waals surface area contributed by atoms with Gasteiger partial charge in [0.15, 0.2) is 5.13 Å². The third kappa shape index (κ3) is 4.95. The third-order valence-corrected chi connectivity index (χ3v) is 4.26. The summed E-state index contributed by atoms with van der Waals surface area (Å²) in [6.45, 7) is 0. The van der Waals surface area contributed by atoms with E-state index in [4.69, 9.17) is 0 Å². The first-order chi connectivity index (χ1) is 13.0. The van der Waals surface area contributed by atoms with Gasteiger partial charge in [0.1, 0.15) is 0 Å². The number of carbonyl (C=O) groups excluding carboxylic acids is 2. The number of nitro benzene ring substituents is 1. The van der Waals surface area contributed by atoms with Gasteiger partial charge in [-0.3, -0.25) is 25.0 Å². The number of aromatic nitrogens is 1. The average Bonchev–Trinajstić information content (AvgIpc) is 3.15. The van der Waals surface area contributed by atoms with Crippen LogP contribution in [0.25, 0.3) is 0 Å². The standard InChI is InChI=1S/C18H14N4O4S/c23-16(10-12-4-6-15(7-5-12)22(25)26)20-14-3-1-2-13(11-14)17(24)21-18-19-8-9-27-18/h1-9,11H,10H2,(H,20,23)(H,19,21,24). The Labute approximate surface area is 158 Å². The molecule has 0 fully saturated rings. The highest BCUT2D eigenvalue weighted by Gasteiger charge is 2.11. The molecule has 2 N–H and O–H groups in total. The molecule has 0 unspecified atom stereocenters. The molecule has 0 bridgehead atoms. The highest BCUT2D eigenvalue weighted by molar-refractivity contribution is 7.13. The summed E-state index contributed by atoms with van der Waals surface area (Å²) in [5, 5.41) is 18.3. The lowest BCUT2D eigenvalue weighted by atomic mass is 10.1. The van der Waals surface area contributed by atoms with Crippen LogP contribution in [0, 0.1) is 10.1 Å². The van der Waals surface area contributed by atoms with E-state index in [1.165, 1.54) is 35.6 Å². The minimum absolute atomic E-state index is 0.0295. The van der Waals surface area contributed by atoms with Crippen LogP contribution >= 0.6 is 11.3 Å². The first-order valence-corrected chi connectivity index (χ1v) is 8.73. The minimum Gasteiger partial charge on any atom is -0.326 e. The largest absolute Gasteiger partial charge is 0.326 e. The van der Waals surface area contributed by atoms with Crippen molar-refractivity contribution in [3.8, 4) is 0 Å². The smallest absolute Gasteiger partial charge is 0.269 e. The van der Waals surface area contributed by atoms with Crippen LogP contribution in [0.1, 0.15) is 15.9 Å². The van der Waals surface area contributed by atoms with Crippen molar-refractivity contribution in [1.29, 1.82) is 0 Å². The summed E-state index contributed by atoms with van der Waals surface area (Å²) in [5.41, 5.74) is 1.49. The van der Waals surface area contributed by atoms with E-state index in [9.17, 15) is 19.7 Å². The zero-order valence-corrected chi connectivity index (χ0v) is 14.7. The summed E-state index contributed by atoms with van der Waals surface area (Å²) >= 11 is 1.31. The topological polar surface area (TPSA) is 114 Å². The molecule has 2 amide bonds. The molecule has 8 nitrogen and oxygen atoms in total. The molecule has 1 aromatic heterocycles. The number of hydrogen-bond donors (Lipinski definition) is 2. The van der Waals surface area contributed by atoms with E-state index in [-0.39, 0.29) is 23.9 Å². The molecule has 0 saturated carbocycles. The molecule has 0 saturated heterocycles. The van der Waals surface area contributed by atoms with E-state index in [1.54, 1.807) is 35.8 Å². The van der Waals surface area contributed by atoms with Crippen LogP contribution in [0.15, 0.2) is 60.1 Å². The van der Waals surface area contributed by atoms with Gasteiger partial charge in [-0.05, 0) is 23.8 Å². The number of benzene rings is 2. The van der Waals surface area contributed by atoms with Crippen molar-refractivity contribution in [2.24, 2.45) is 0 Å². The Morgan fingerprint density at radius 3 is 2.56 bits per heavy atom. The third-order valence-electron chi connectivity index (χ3n) is 3.57. The van der Waals surface area contributed by atoms with Gasteiger partial charge in [0.2, 0.25) is 5.91 Å². The van der Waals surface area contributed by atoms with Gasteiger partial charge in [0.05, 0.1) is 11.3 Å². The van der Waals surface area contributed by atoms with E-state index < -0.39 is 4.92 Å². The highest BCUT2D eigenvalue weighted by atomic mass is 32.1. The van der Waals surface area contributed by atoms with Crippen molar-refractivity contribution < 1.29 is 14.5 Å². The second-order valence-corrected chi connectivity index (χ2v) is 6.42. The number of nitrogens with zero attached hydrogens (tertiary/aromatic N) is 2. The number of carbonyl (C=O) groups is 2. The van der Waals surface area contributed by atoms with Gasteiger partial charge in [-0.15, -0.1) is 11.3 Å². The van der Waals surface area contributed by atoms with Gasteiger partial charge in [0, 0.05) is 35.0 Å². The summed E-state index contributed by atoms with van der Waals surface area (Å²) in [7, 11) is 0. The van der Waals surface area contributed by atoms with Gasteiger partial charge >= 0.3 is 0 Å². The Hall–Kier alpha value is -3.59. The molecule has 9 heteroatoms. The van der Waals surface area contributed by atoms with Crippen LogP contribution in [0.5, 0.6) is 0 Å². The number of nitro groups is 1. The molecule has 0 atom stereocenters. The number of nitrogens with one attached hydrogen (secondary N) is 2. The van der Waals surface area contributed by atoms with Gasteiger partial charge in [-0.1, -0.05) is 18.2 Å². The maximum absolute atomic E-state index is 12.2. The molecule has 0 aliphatic heterocycles. The molecule has 1 heterocycles. The van der Waals surface area contributed by atoms with Crippen LogP contribution in [0.2, 0.25) is 0 Å². The Balaban J connectivity index is 1.62. The molecule has 2 aromatic carbocycles. The summed E-state index contributed by atoms with van der Waals surface area (Å²) < 4.78 is 0. The van der Waals surface area contributed by atoms with Crippen LogP contribution in [0.4, 0.5) is 16.5 Å². The van der Waals surface area contributed by atoms with E-state index in [2.05, 4.69) is 15.6 Å². The van der Waals surface area contributed by atoms with Crippen LogP contribution in [-0.2, 0) is 11.2 Å². The second-order valence-electron chi connectivity index (χ2n) is 5.52. The van der Waals surface area contributed by atoms with E-state index in [0.717, 1.165) is 0 Å². The number of anilines is 2. The van der Waals surface area contributed by atoms with Gasteiger partial charge in [0.25, 0.3) is 11.6 Å². The maximum Gasteiger partial charge on any atom is 0.269 e. The Bertz CT molecular complexity index is 971. The zero-order valence-electron chi connectivity index (χ0n) is 13.9. The van der Waals surface area contributed by atoms with E-state index in [1.807, 2.05) is 0 Å². The molecule has 0 radical (unpaired) electrons. The molecular formula is C18H14N4O4S. The Kier molecular flexibility index (Phi) is 5.53. The van der Waals surface area contributed by atoms with Gasteiger partial charge in [-0.2, -0.15) is 0 Å². The van der Waals surface area contributed by atoms with E-state index in [0.29, 0.717) is 21.9 Å². The molecule has 0 spiro atoms. The molecule has 0 aliphatic rings. The number of non-ortho nitro benzene ring substituents is 1. The number of amides is 2. The SMILES string of the molecule is O=C(Cc1ccc([N+](=O)[O-])cc1)Nc1cccc(C(=O)Nc2nccs2)c1. The van der Waals surface area contributed by atoms with Crippen LogP contribution in [-0.4, -0.2) is 21.7 Å². The van der Waals surface area contributed by atoms with Crippen LogP contribution < -0.4 is 10.6 Å². The lowest BCUT2D eigenvalue weighted by Gasteiger charge is -2.07. The molecule has 0 aliphatic carbocycles. The summed E-state index contributed by atoms with van der Waals surface area (Å²) in [6.07, 6.45) is 1.66. The van der Waals surface area contributed by atoms with Crippen molar-refractivity contribution in [3.63, 3.8) is 0 Å². The van der Waals surface area contributed by atoms with Crippen molar-refractivity contribution in [1.82, 2.24) is 4.98 Å². The zero-order chi connectivity index (χ0) is 19.2. The average molecular weight is 382 g/mol. The Morgan fingerprint density at radius 2 is 1.89 bits per heavy atom. The van der Waals surface area contributed by atoms with E-state index >= 15 is 0 Å². The van der Waals surface area contributed by atoms with Crippen molar-refractivity contribution >= 4 is 39.7 Å². The monoisotopic (exact) mass is 382 g/mol. The summed E-state index contributed by atoms with van der Waals surface area (Å²) in [4.78, 5) is 38.6. The predicted molar refractivity (Wildman–Crippen MR) is 102 cm³/mol. The first kappa shape index (κ1) is 18.2. The predicted octanol–water partition coefficient (Wildman–Crippen LogP) is 3.48. The van der Waals surface area contributed by atoms with Crippen molar-refractivity contribution in [2.45, 2.75) is 6.42 Å². The normalized spacial score (nSPS) is 10.2. The lowest BCUT2D eigenvalue weighted by molar-refractivity contribution is -0.384. The second kappa shape index (κ2) is 8.19. The van der Waals surface area contributed by atoms with Crippen LogP contribution in [0.3, 0.4) is 0 Å². The fraction of sp³-hybridized carbons (Fsp3) is 0.0556. The molecule has 3 aromatic rings. The van der Waals surface area contributed by atoms with Crippen molar-refractivity contribution in [3.05, 3.63) is 81.3 Å². The summed E-state index contributed by atoms with van der Waals surface area (Å²) in [6, 6.07) is 12.3. The maximum atomic E-state index is 12.2. The number of thiazole rings is 1.